The van der Waals surface area contributed by atoms with Crippen molar-refractivity contribution in [2.45, 2.75) is 32.4 Å². The van der Waals surface area contributed by atoms with Crippen molar-refractivity contribution in [3.63, 3.8) is 0 Å². The number of H-pyrrole nitrogens is 1. The van der Waals surface area contributed by atoms with E-state index in [1.165, 1.54) is 24.3 Å². The number of nitrogens with zero attached hydrogens (tertiary/aromatic N) is 1. The van der Waals surface area contributed by atoms with Crippen molar-refractivity contribution >= 4 is 11.6 Å². The van der Waals surface area contributed by atoms with Crippen LogP contribution in [0.1, 0.15) is 29.3 Å². The molecule has 7 heteroatoms. The monoisotopic (exact) mass is 311 g/mol. The molecule has 2 rings (SSSR count). The zero-order valence-electron chi connectivity index (χ0n) is 12.2. The van der Waals surface area contributed by atoms with Crippen LogP contribution in [0.4, 0.5) is 18.9 Å². The van der Waals surface area contributed by atoms with E-state index >= 15 is 0 Å². The standard InChI is InChI=1S/C15H16F3N3O/c1-9-14(10(2)21-20-9)19-13(22)8-12(15(16,17)18)11-6-4-3-5-7-11/h3-7,12H,8H2,1-2H3,(H,19,22)(H,20,21). The second kappa shape index (κ2) is 6.21. The van der Waals surface area contributed by atoms with Gasteiger partial charge in [0, 0.05) is 6.42 Å². The van der Waals surface area contributed by atoms with Gasteiger partial charge in [0.1, 0.15) is 0 Å². The van der Waals surface area contributed by atoms with Crippen LogP contribution >= 0.6 is 0 Å². The molecule has 2 aromatic rings. The molecule has 1 unspecified atom stereocenters. The number of amides is 1. The average Bonchev–Trinajstić information content (AvgIpc) is 2.76. The largest absolute Gasteiger partial charge is 0.396 e. The number of carbonyl (C=O) groups is 1. The van der Waals surface area contributed by atoms with Crippen molar-refractivity contribution < 1.29 is 18.0 Å². The van der Waals surface area contributed by atoms with E-state index in [1.54, 1.807) is 19.9 Å². The zero-order chi connectivity index (χ0) is 16.3. The van der Waals surface area contributed by atoms with E-state index in [9.17, 15) is 18.0 Å². The number of hydrogen-bond acceptors (Lipinski definition) is 2. The smallest absolute Gasteiger partial charge is 0.323 e. The van der Waals surface area contributed by atoms with Crippen molar-refractivity contribution in [1.82, 2.24) is 10.2 Å². The molecular weight excluding hydrogens is 295 g/mol. The van der Waals surface area contributed by atoms with Crippen LogP contribution in [0.5, 0.6) is 0 Å². The molecule has 1 amide bonds. The molecule has 0 saturated carbocycles. The van der Waals surface area contributed by atoms with Gasteiger partial charge in [-0.1, -0.05) is 30.3 Å². The Kier molecular flexibility index (Phi) is 4.54. The fourth-order valence-corrected chi connectivity index (χ4v) is 2.22. The summed E-state index contributed by atoms with van der Waals surface area (Å²) < 4.78 is 39.6. The van der Waals surface area contributed by atoms with Crippen LogP contribution < -0.4 is 5.32 Å². The molecule has 1 heterocycles. The maximum Gasteiger partial charge on any atom is 0.396 e. The van der Waals surface area contributed by atoms with Gasteiger partial charge in [-0.15, -0.1) is 0 Å². The van der Waals surface area contributed by atoms with Gasteiger partial charge in [0.15, 0.2) is 0 Å². The van der Waals surface area contributed by atoms with Crippen molar-refractivity contribution in [1.29, 1.82) is 0 Å². The molecule has 2 N–H and O–H groups in total. The van der Waals surface area contributed by atoms with E-state index in [0.29, 0.717) is 17.1 Å². The van der Waals surface area contributed by atoms with Crippen LogP contribution in [0.3, 0.4) is 0 Å². The Morgan fingerprint density at radius 1 is 1.27 bits per heavy atom. The molecule has 1 aromatic heterocycles. The van der Waals surface area contributed by atoms with Crippen LogP contribution in [-0.4, -0.2) is 22.3 Å². The van der Waals surface area contributed by atoms with Crippen LogP contribution in [0.15, 0.2) is 30.3 Å². The molecule has 0 saturated heterocycles. The van der Waals surface area contributed by atoms with Gasteiger partial charge in [0.2, 0.25) is 5.91 Å². The maximum absolute atomic E-state index is 13.2. The Labute approximate surface area is 125 Å². The summed E-state index contributed by atoms with van der Waals surface area (Å²) in [6.45, 7) is 3.35. The number of anilines is 1. The number of carbonyl (C=O) groups excluding carboxylic acids is 1. The third-order valence-electron chi connectivity index (χ3n) is 3.38. The number of aromatic nitrogens is 2. The Morgan fingerprint density at radius 2 is 1.91 bits per heavy atom. The average molecular weight is 311 g/mol. The molecule has 0 fully saturated rings. The van der Waals surface area contributed by atoms with E-state index in [4.69, 9.17) is 0 Å². The highest BCUT2D eigenvalue weighted by atomic mass is 19.4. The van der Waals surface area contributed by atoms with Gasteiger partial charge in [-0.05, 0) is 19.4 Å². The van der Waals surface area contributed by atoms with E-state index in [0.717, 1.165) is 0 Å². The topological polar surface area (TPSA) is 57.8 Å². The summed E-state index contributed by atoms with van der Waals surface area (Å²) in [6.07, 6.45) is -5.16. The van der Waals surface area contributed by atoms with Crippen molar-refractivity contribution in [3.8, 4) is 0 Å². The first-order valence-corrected chi connectivity index (χ1v) is 6.72. The van der Waals surface area contributed by atoms with E-state index in [2.05, 4.69) is 15.5 Å². The number of nitrogens with one attached hydrogen (secondary N) is 2. The van der Waals surface area contributed by atoms with Gasteiger partial charge in [-0.2, -0.15) is 18.3 Å². The van der Waals surface area contributed by atoms with Crippen LogP contribution in [0.25, 0.3) is 0 Å². The second-order valence-electron chi connectivity index (χ2n) is 5.07. The van der Waals surface area contributed by atoms with E-state index < -0.39 is 24.4 Å². The third kappa shape index (κ3) is 3.66. The lowest BCUT2D eigenvalue weighted by Gasteiger charge is -2.20. The Bertz CT molecular complexity index is 630. The molecule has 118 valence electrons. The summed E-state index contributed by atoms with van der Waals surface area (Å²) in [4.78, 5) is 12.0. The summed E-state index contributed by atoms with van der Waals surface area (Å²) in [6, 6.07) is 7.43. The minimum Gasteiger partial charge on any atom is -0.323 e. The SMILES string of the molecule is Cc1n[nH]c(C)c1NC(=O)CC(c1ccccc1)C(F)(F)F. The summed E-state index contributed by atoms with van der Waals surface area (Å²) in [5.74, 6) is -2.53. The Hall–Kier alpha value is -2.31. The lowest BCUT2D eigenvalue weighted by molar-refractivity contribution is -0.155. The number of rotatable bonds is 4. The van der Waals surface area contributed by atoms with Gasteiger partial charge < -0.3 is 5.32 Å². The highest BCUT2D eigenvalue weighted by molar-refractivity contribution is 5.92. The molecule has 0 radical (unpaired) electrons. The van der Waals surface area contributed by atoms with Gasteiger partial charge in [-0.25, -0.2) is 0 Å². The molecule has 0 bridgehead atoms. The van der Waals surface area contributed by atoms with Gasteiger partial charge in [-0.3, -0.25) is 9.89 Å². The summed E-state index contributed by atoms with van der Waals surface area (Å²) in [7, 11) is 0. The van der Waals surface area contributed by atoms with Crippen LogP contribution in [0, 0.1) is 13.8 Å². The first kappa shape index (κ1) is 16.1. The highest BCUT2D eigenvalue weighted by Crippen LogP contribution is 2.37. The Balaban J connectivity index is 2.16. The Morgan fingerprint density at radius 3 is 2.41 bits per heavy atom. The van der Waals surface area contributed by atoms with Crippen LogP contribution in [-0.2, 0) is 4.79 Å². The zero-order valence-corrected chi connectivity index (χ0v) is 12.2. The predicted octanol–water partition coefficient (Wildman–Crippen LogP) is 3.70. The number of benzene rings is 1. The molecule has 0 aliphatic rings. The molecular formula is C15H16F3N3O. The first-order chi connectivity index (χ1) is 10.3. The van der Waals surface area contributed by atoms with E-state index in [1.807, 2.05) is 0 Å². The van der Waals surface area contributed by atoms with Gasteiger partial charge in [0.25, 0.3) is 0 Å². The summed E-state index contributed by atoms with van der Waals surface area (Å²) in [5, 5.41) is 9.06. The lowest BCUT2D eigenvalue weighted by atomic mass is 9.94. The first-order valence-electron chi connectivity index (χ1n) is 6.72. The number of aromatic amines is 1. The maximum atomic E-state index is 13.2. The minimum absolute atomic E-state index is 0.0748. The molecule has 22 heavy (non-hydrogen) atoms. The fraction of sp³-hybridized carbons (Fsp3) is 0.333. The number of alkyl halides is 3. The number of halogens is 3. The molecule has 1 atom stereocenters. The van der Waals surface area contributed by atoms with Crippen molar-refractivity contribution in [2.75, 3.05) is 5.32 Å². The van der Waals surface area contributed by atoms with Crippen molar-refractivity contribution in [2.24, 2.45) is 0 Å². The fourth-order valence-electron chi connectivity index (χ4n) is 2.22. The molecule has 0 aliphatic carbocycles. The quantitative estimate of drug-likeness (QED) is 0.904. The minimum atomic E-state index is -4.49. The van der Waals surface area contributed by atoms with Crippen molar-refractivity contribution in [3.05, 3.63) is 47.3 Å². The summed E-state index contributed by atoms with van der Waals surface area (Å²) in [5.41, 5.74) is 1.65. The highest BCUT2D eigenvalue weighted by Gasteiger charge is 2.41. The molecule has 1 aromatic carbocycles. The second-order valence-corrected chi connectivity index (χ2v) is 5.07. The third-order valence-corrected chi connectivity index (χ3v) is 3.38. The normalized spacial score (nSPS) is 13.0. The number of aryl methyl sites for hydroxylation is 2. The van der Waals surface area contributed by atoms with Crippen LogP contribution in [0.2, 0.25) is 0 Å². The predicted molar refractivity (Wildman–Crippen MR) is 76.5 cm³/mol. The molecule has 4 nitrogen and oxygen atoms in total. The van der Waals surface area contributed by atoms with Gasteiger partial charge >= 0.3 is 6.18 Å². The molecule has 0 spiro atoms. The molecule has 0 aliphatic heterocycles. The summed E-state index contributed by atoms with van der Waals surface area (Å²) >= 11 is 0. The van der Waals surface area contributed by atoms with Gasteiger partial charge in [0.05, 0.1) is 23.0 Å². The lowest BCUT2D eigenvalue weighted by Crippen LogP contribution is -2.26. The number of hydrogen-bond donors (Lipinski definition) is 2. The van der Waals surface area contributed by atoms with E-state index in [-0.39, 0.29) is 5.56 Å².